The maximum absolute atomic E-state index is 12.8. The second kappa shape index (κ2) is 6.03. The molecule has 0 unspecified atom stereocenters. The van der Waals surface area contributed by atoms with Crippen LogP contribution in [0.15, 0.2) is 28.5 Å². The van der Waals surface area contributed by atoms with E-state index in [1.165, 1.54) is 0 Å². The van der Waals surface area contributed by atoms with Crippen molar-refractivity contribution in [2.75, 3.05) is 4.90 Å². The van der Waals surface area contributed by atoms with Crippen LogP contribution in [0.25, 0.3) is 0 Å². The van der Waals surface area contributed by atoms with Crippen molar-refractivity contribution in [3.8, 4) is 0 Å². The molecule has 24 heavy (non-hydrogen) atoms. The van der Waals surface area contributed by atoms with Gasteiger partial charge in [0.1, 0.15) is 5.76 Å². The molecule has 0 saturated heterocycles. The first-order valence-electron chi connectivity index (χ1n) is 6.77. The molecule has 0 radical (unpaired) electrons. The lowest BCUT2D eigenvalue weighted by Crippen LogP contribution is -2.29. The Bertz CT molecular complexity index is 852. The van der Waals surface area contributed by atoms with E-state index in [-0.39, 0.29) is 22.4 Å². The summed E-state index contributed by atoms with van der Waals surface area (Å²) in [6.07, 6.45) is 0. The van der Waals surface area contributed by atoms with Gasteiger partial charge < -0.3 is 4.52 Å². The topological polar surface area (TPSA) is 63.4 Å². The third kappa shape index (κ3) is 2.64. The number of hydrogen-bond donors (Lipinski definition) is 0. The number of aromatic nitrogens is 1. The molecule has 5 nitrogen and oxygen atoms in total. The van der Waals surface area contributed by atoms with Gasteiger partial charge in [-0.15, -0.1) is 0 Å². The van der Waals surface area contributed by atoms with Gasteiger partial charge in [-0.1, -0.05) is 25.9 Å². The predicted molar refractivity (Wildman–Crippen MR) is 104 cm³/mol. The van der Waals surface area contributed by atoms with Gasteiger partial charge in [0.2, 0.25) is 0 Å². The lowest BCUT2D eigenvalue weighted by atomic mass is 9.93. The summed E-state index contributed by atoms with van der Waals surface area (Å²) in [6, 6.07) is 1.62. The van der Waals surface area contributed by atoms with Crippen molar-refractivity contribution in [1.29, 1.82) is 0 Å². The molecular weight excluding hydrogens is 576 g/mol. The number of carbonyl (C=O) groups is 2. The Kier molecular flexibility index (Phi) is 4.60. The van der Waals surface area contributed by atoms with Crippen LogP contribution in [0.3, 0.4) is 0 Å². The monoisotopic (exact) mass is 582 g/mol. The zero-order chi connectivity index (χ0) is 18.0. The van der Waals surface area contributed by atoms with Crippen molar-refractivity contribution < 1.29 is 14.1 Å². The van der Waals surface area contributed by atoms with E-state index in [4.69, 9.17) is 4.52 Å². The fraction of sp³-hybridized carbons (Fsp3) is 0.267. The number of nitrogens with zero attached hydrogens (tertiary/aromatic N) is 2. The van der Waals surface area contributed by atoms with Gasteiger partial charge in [0, 0.05) is 29.4 Å². The van der Waals surface area contributed by atoms with Crippen molar-refractivity contribution >= 4 is 81.4 Å². The Morgan fingerprint density at radius 1 is 0.917 bits per heavy atom. The first kappa shape index (κ1) is 18.3. The van der Waals surface area contributed by atoms with Gasteiger partial charge in [-0.2, -0.15) is 0 Å². The van der Waals surface area contributed by atoms with Crippen molar-refractivity contribution in [3.05, 3.63) is 40.8 Å². The Balaban J connectivity index is 2.16. The third-order valence-corrected chi connectivity index (χ3v) is 8.34. The summed E-state index contributed by atoms with van der Waals surface area (Å²) < 4.78 is 7.61. The molecule has 2 amide bonds. The molecule has 2 heterocycles. The number of amides is 2. The van der Waals surface area contributed by atoms with Crippen LogP contribution in [-0.4, -0.2) is 17.0 Å². The van der Waals surface area contributed by atoms with Gasteiger partial charge in [-0.25, -0.2) is 4.90 Å². The average molecular weight is 586 g/mol. The van der Waals surface area contributed by atoms with Crippen LogP contribution in [0.5, 0.6) is 0 Å². The number of anilines is 1. The van der Waals surface area contributed by atoms with E-state index in [1.54, 1.807) is 6.07 Å². The van der Waals surface area contributed by atoms with Crippen LogP contribution in [-0.2, 0) is 5.41 Å². The second-order valence-electron chi connectivity index (χ2n) is 6.25. The van der Waals surface area contributed by atoms with Gasteiger partial charge in [0.15, 0.2) is 5.82 Å². The zero-order valence-corrected chi connectivity index (χ0v) is 19.1. The van der Waals surface area contributed by atoms with Crippen molar-refractivity contribution in [2.45, 2.75) is 26.2 Å². The highest BCUT2D eigenvalue weighted by atomic mass is 79.9. The van der Waals surface area contributed by atoms with E-state index in [1.807, 2.05) is 20.8 Å². The molecule has 9 heteroatoms. The smallest absolute Gasteiger partial charge is 0.268 e. The Morgan fingerprint density at radius 3 is 1.75 bits per heavy atom. The largest absolute Gasteiger partial charge is 0.359 e. The van der Waals surface area contributed by atoms with Crippen LogP contribution in [0.4, 0.5) is 5.82 Å². The van der Waals surface area contributed by atoms with Crippen molar-refractivity contribution in [3.63, 3.8) is 0 Å². The SMILES string of the molecule is CC(C)(C)c1cc(N2C(=O)c3c(Br)c(Br)c(Br)c(Br)c3C2=O)no1. The highest BCUT2D eigenvalue weighted by Crippen LogP contribution is 2.46. The summed E-state index contributed by atoms with van der Waals surface area (Å²) in [6.45, 7) is 5.88. The first-order chi connectivity index (χ1) is 11.1. The number of imide groups is 1. The van der Waals surface area contributed by atoms with E-state index >= 15 is 0 Å². The Morgan fingerprint density at radius 2 is 1.38 bits per heavy atom. The summed E-state index contributed by atoms with van der Waals surface area (Å²) >= 11 is 13.6. The molecule has 1 aliphatic rings. The summed E-state index contributed by atoms with van der Waals surface area (Å²) in [4.78, 5) is 26.7. The minimum atomic E-state index is -0.454. The first-order valence-corrected chi connectivity index (χ1v) is 9.94. The van der Waals surface area contributed by atoms with Gasteiger partial charge in [-0.05, 0) is 63.7 Å². The van der Waals surface area contributed by atoms with Gasteiger partial charge in [0.25, 0.3) is 11.8 Å². The normalized spacial score (nSPS) is 14.5. The minimum Gasteiger partial charge on any atom is -0.359 e. The number of carbonyl (C=O) groups excluding carboxylic acids is 2. The molecule has 126 valence electrons. The van der Waals surface area contributed by atoms with E-state index < -0.39 is 11.8 Å². The van der Waals surface area contributed by atoms with Gasteiger partial charge in [0.05, 0.1) is 11.1 Å². The predicted octanol–water partition coefficient (Wildman–Crippen LogP) is 5.82. The Labute approximate surface area is 171 Å². The number of rotatable bonds is 1. The molecular formula is C15H10Br4N2O3. The van der Waals surface area contributed by atoms with Crippen molar-refractivity contribution in [1.82, 2.24) is 5.16 Å². The number of hydrogen-bond acceptors (Lipinski definition) is 4. The average Bonchev–Trinajstić information content (AvgIpc) is 3.06. The molecule has 3 rings (SSSR count). The van der Waals surface area contributed by atoms with Crippen LogP contribution in [0, 0.1) is 0 Å². The summed E-state index contributed by atoms with van der Waals surface area (Å²) in [7, 11) is 0. The molecule has 0 fully saturated rings. The van der Waals surface area contributed by atoms with E-state index in [9.17, 15) is 9.59 Å². The zero-order valence-electron chi connectivity index (χ0n) is 12.7. The maximum atomic E-state index is 12.8. The molecule has 2 aromatic rings. The number of benzene rings is 1. The Hall–Kier alpha value is -0.510. The van der Waals surface area contributed by atoms with Crippen LogP contribution >= 0.6 is 63.7 Å². The summed E-state index contributed by atoms with van der Waals surface area (Å²) in [5, 5.41) is 3.91. The molecule has 0 atom stereocenters. The number of fused-ring (bicyclic) bond motifs is 1. The highest BCUT2D eigenvalue weighted by Gasteiger charge is 2.43. The highest BCUT2D eigenvalue weighted by molar-refractivity contribution is 9.15. The summed E-state index contributed by atoms with van der Waals surface area (Å²) in [5.41, 5.74) is 0.279. The van der Waals surface area contributed by atoms with Crippen molar-refractivity contribution in [2.24, 2.45) is 0 Å². The number of halogens is 4. The molecule has 1 aromatic heterocycles. The second-order valence-corrected chi connectivity index (χ2v) is 9.42. The molecule has 0 aliphatic carbocycles. The van der Waals surface area contributed by atoms with Crippen LogP contribution in [0.1, 0.15) is 47.2 Å². The molecule has 1 aliphatic heterocycles. The van der Waals surface area contributed by atoms with E-state index in [0.29, 0.717) is 23.7 Å². The quantitative estimate of drug-likeness (QED) is 0.240. The van der Waals surface area contributed by atoms with E-state index in [2.05, 4.69) is 68.9 Å². The van der Waals surface area contributed by atoms with Crippen LogP contribution in [0.2, 0.25) is 0 Å². The van der Waals surface area contributed by atoms with Crippen LogP contribution < -0.4 is 4.90 Å². The maximum Gasteiger partial charge on any atom is 0.268 e. The molecule has 0 bridgehead atoms. The van der Waals surface area contributed by atoms with Gasteiger partial charge >= 0.3 is 0 Å². The minimum absolute atomic E-state index is 0.178. The standard InChI is InChI=1S/C15H10Br4N2O3/c1-15(2,3)5-4-6(20-24-5)21-13(22)7-8(14(21)23)10(17)12(19)11(18)9(7)16/h4H,1-3H3. The summed E-state index contributed by atoms with van der Waals surface area (Å²) in [5.74, 6) is -0.138. The van der Waals surface area contributed by atoms with E-state index in [0.717, 1.165) is 4.90 Å². The molecule has 0 saturated carbocycles. The lowest BCUT2D eigenvalue weighted by molar-refractivity contribution is 0.0923. The fourth-order valence-corrected chi connectivity index (χ4v) is 4.74. The third-order valence-electron chi connectivity index (χ3n) is 3.57. The molecule has 1 aromatic carbocycles. The van der Waals surface area contributed by atoms with Gasteiger partial charge in [-0.3, -0.25) is 9.59 Å². The molecule has 0 spiro atoms. The fourth-order valence-electron chi connectivity index (χ4n) is 2.28. The lowest BCUT2D eigenvalue weighted by Gasteiger charge is -2.12. The molecule has 0 N–H and O–H groups in total.